The van der Waals surface area contributed by atoms with Crippen LogP contribution in [0, 0.1) is 0 Å². The molecule has 0 aliphatic carbocycles. The summed E-state index contributed by atoms with van der Waals surface area (Å²) in [7, 11) is 0. The third-order valence-electron chi connectivity index (χ3n) is 3.37. The van der Waals surface area contributed by atoms with Crippen molar-refractivity contribution < 1.29 is 19.1 Å². The number of ketones is 2. The maximum Gasteiger partial charge on any atom is 0.166 e. The van der Waals surface area contributed by atoms with Gasteiger partial charge in [0.1, 0.15) is 24.7 Å². The first kappa shape index (κ1) is 16.7. The Balaban J connectivity index is 1.94. The normalized spacial score (nSPS) is 10.2. The quantitative estimate of drug-likeness (QED) is 0.547. The van der Waals surface area contributed by atoms with Gasteiger partial charge in [0, 0.05) is 6.42 Å². The molecular formula is C19H20O4. The summed E-state index contributed by atoms with van der Waals surface area (Å²) in [5.41, 5.74) is 1.13. The predicted octanol–water partition coefficient (Wildman–Crippen LogP) is 3.94. The zero-order valence-corrected chi connectivity index (χ0v) is 13.4. The molecular weight excluding hydrogens is 292 g/mol. The third-order valence-corrected chi connectivity index (χ3v) is 3.37. The van der Waals surface area contributed by atoms with Gasteiger partial charge in [-0.1, -0.05) is 31.2 Å². The minimum atomic E-state index is -0.0413. The van der Waals surface area contributed by atoms with Crippen LogP contribution in [0.5, 0.6) is 11.5 Å². The average Bonchev–Trinajstić information content (AvgIpc) is 2.58. The van der Waals surface area contributed by atoms with E-state index in [9.17, 15) is 9.59 Å². The molecule has 120 valence electrons. The smallest absolute Gasteiger partial charge is 0.166 e. The van der Waals surface area contributed by atoms with Crippen LogP contribution >= 0.6 is 0 Å². The number of ether oxygens (including phenoxy) is 2. The van der Waals surface area contributed by atoms with Crippen molar-refractivity contribution in [3.63, 3.8) is 0 Å². The van der Waals surface area contributed by atoms with Crippen molar-refractivity contribution in [1.82, 2.24) is 0 Å². The van der Waals surface area contributed by atoms with Crippen molar-refractivity contribution in [1.29, 1.82) is 0 Å². The molecule has 0 fully saturated rings. The minimum absolute atomic E-state index is 0.0413. The zero-order valence-electron chi connectivity index (χ0n) is 13.4. The van der Waals surface area contributed by atoms with Gasteiger partial charge in [-0.25, -0.2) is 0 Å². The molecule has 4 heteroatoms. The Labute approximate surface area is 136 Å². The van der Waals surface area contributed by atoms with Gasteiger partial charge in [0.2, 0.25) is 0 Å². The molecule has 0 bridgehead atoms. The van der Waals surface area contributed by atoms with E-state index in [0.717, 1.165) is 0 Å². The fourth-order valence-corrected chi connectivity index (χ4v) is 2.20. The summed E-state index contributed by atoms with van der Waals surface area (Å²) in [5, 5.41) is 0. The molecule has 0 aliphatic rings. The Morgan fingerprint density at radius 1 is 0.826 bits per heavy atom. The van der Waals surface area contributed by atoms with Crippen LogP contribution in [0.25, 0.3) is 0 Å². The van der Waals surface area contributed by atoms with Crippen molar-refractivity contribution in [3.8, 4) is 11.5 Å². The summed E-state index contributed by atoms with van der Waals surface area (Å²) < 4.78 is 11.3. The first-order valence-corrected chi connectivity index (χ1v) is 7.61. The van der Waals surface area contributed by atoms with Crippen LogP contribution in [0.2, 0.25) is 0 Å². The summed E-state index contributed by atoms with van der Waals surface area (Å²) in [6.07, 6.45) is 0.433. The highest BCUT2D eigenvalue weighted by Crippen LogP contribution is 2.20. The molecule has 0 saturated carbocycles. The van der Waals surface area contributed by atoms with Crippen molar-refractivity contribution in [3.05, 3.63) is 59.7 Å². The number of hydrogen-bond donors (Lipinski definition) is 0. The SMILES string of the molecule is CCC(=O)c1ccccc1OCCOc1ccccc1C(C)=O. The molecule has 0 heterocycles. The largest absolute Gasteiger partial charge is 0.489 e. The standard InChI is InChI=1S/C19H20O4/c1-3-17(21)16-9-5-7-11-19(16)23-13-12-22-18-10-6-4-8-15(18)14(2)20/h4-11H,3,12-13H2,1-2H3. The Morgan fingerprint density at radius 3 is 1.83 bits per heavy atom. The highest BCUT2D eigenvalue weighted by atomic mass is 16.5. The topological polar surface area (TPSA) is 52.6 Å². The van der Waals surface area contributed by atoms with Crippen LogP contribution < -0.4 is 9.47 Å². The van der Waals surface area contributed by atoms with Crippen molar-refractivity contribution >= 4 is 11.6 Å². The van der Waals surface area contributed by atoms with Crippen LogP contribution in [0.15, 0.2) is 48.5 Å². The van der Waals surface area contributed by atoms with E-state index in [2.05, 4.69) is 0 Å². The molecule has 4 nitrogen and oxygen atoms in total. The van der Waals surface area contributed by atoms with Gasteiger partial charge in [0.15, 0.2) is 11.6 Å². The van der Waals surface area contributed by atoms with E-state index in [1.165, 1.54) is 6.92 Å². The van der Waals surface area contributed by atoms with E-state index in [4.69, 9.17) is 9.47 Å². The second-order valence-corrected chi connectivity index (χ2v) is 5.02. The van der Waals surface area contributed by atoms with Crippen LogP contribution in [0.4, 0.5) is 0 Å². The van der Waals surface area contributed by atoms with Gasteiger partial charge in [0.05, 0.1) is 11.1 Å². The predicted molar refractivity (Wildman–Crippen MR) is 88.5 cm³/mol. The van der Waals surface area contributed by atoms with Gasteiger partial charge in [0.25, 0.3) is 0 Å². The Hall–Kier alpha value is -2.62. The number of benzene rings is 2. The number of hydrogen-bond acceptors (Lipinski definition) is 4. The number of carbonyl (C=O) groups is 2. The monoisotopic (exact) mass is 312 g/mol. The van der Waals surface area contributed by atoms with Gasteiger partial charge in [-0.2, -0.15) is 0 Å². The lowest BCUT2D eigenvalue weighted by molar-refractivity contribution is 0.0978. The molecule has 0 saturated heterocycles. The zero-order chi connectivity index (χ0) is 16.7. The molecule has 2 rings (SSSR count). The fraction of sp³-hybridized carbons (Fsp3) is 0.263. The number of para-hydroxylation sites is 2. The van der Waals surface area contributed by atoms with Crippen LogP contribution in [-0.2, 0) is 0 Å². The van der Waals surface area contributed by atoms with E-state index in [0.29, 0.717) is 42.3 Å². The molecule has 0 atom stereocenters. The third kappa shape index (κ3) is 4.42. The van der Waals surface area contributed by atoms with Crippen molar-refractivity contribution in [2.45, 2.75) is 20.3 Å². The summed E-state index contributed by atoms with van der Waals surface area (Å²) in [4.78, 5) is 23.4. The van der Waals surface area contributed by atoms with E-state index in [1.807, 2.05) is 25.1 Å². The lowest BCUT2D eigenvalue weighted by atomic mass is 10.1. The Kier molecular flexibility index (Phi) is 5.92. The van der Waals surface area contributed by atoms with Crippen LogP contribution in [0.3, 0.4) is 0 Å². The molecule has 23 heavy (non-hydrogen) atoms. The maximum absolute atomic E-state index is 11.9. The highest BCUT2D eigenvalue weighted by Gasteiger charge is 2.10. The van der Waals surface area contributed by atoms with Gasteiger partial charge in [-0.3, -0.25) is 9.59 Å². The molecule has 0 N–H and O–H groups in total. The lowest BCUT2D eigenvalue weighted by Gasteiger charge is -2.12. The van der Waals surface area contributed by atoms with Crippen LogP contribution in [-0.4, -0.2) is 24.8 Å². The molecule has 2 aromatic carbocycles. The summed E-state index contributed by atoms with van der Waals surface area (Å²) in [5.74, 6) is 1.10. The summed E-state index contributed by atoms with van der Waals surface area (Å²) >= 11 is 0. The van der Waals surface area contributed by atoms with Gasteiger partial charge >= 0.3 is 0 Å². The Bertz CT molecular complexity index is 691. The summed E-state index contributed by atoms with van der Waals surface area (Å²) in [6.45, 7) is 3.91. The van der Waals surface area contributed by atoms with E-state index < -0.39 is 0 Å². The number of rotatable bonds is 8. The van der Waals surface area contributed by atoms with E-state index in [1.54, 1.807) is 30.3 Å². The molecule has 0 spiro atoms. The summed E-state index contributed by atoms with van der Waals surface area (Å²) in [6, 6.07) is 14.3. The fourth-order valence-electron chi connectivity index (χ4n) is 2.20. The molecule has 0 unspecified atom stereocenters. The number of Topliss-reactive ketones (excluding diaryl/α,β-unsaturated/α-hetero) is 2. The number of carbonyl (C=O) groups excluding carboxylic acids is 2. The molecule has 0 aromatic heterocycles. The van der Waals surface area contributed by atoms with Crippen molar-refractivity contribution in [2.75, 3.05) is 13.2 Å². The second-order valence-electron chi connectivity index (χ2n) is 5.02. The lowest BCUT2D eigenvalue weighted by Crippen LogP contribution is -2.12. The van der Waals surface area contributed by atoms with E-state index in [-0.39, 0.29) is 11.6 Å². The van der Waals surface area contributed by atoms with Crippen LogP contribution in [0.1, 0.15) is 41.0 Å². The molecule has 0 radical (unpaired) electrons. The molecule has 2 aromatic rings. The average molecular weight is 312 g/mol. The molecule has 0 aliphatic heterocycles. The second kappa shape index (κ2) is 8.13. The highest BCUT2D eigenvalue weighted by molar-refractivity contribution is 5.98. The Morgan fingerprint density at radius 2 is 1.30 bits per heavy atom. The first-order chi connectivity index (χ1) is 11.1. The maximum atomic E-state index is 11.9. The van der Waals surface area contributed by atoms with Gasteiger partial charge in [-0.15, -0.1) is 0 Å². The van der Waals surface area contributed by atoms with Crippen molar-refractivity contribution in [2.24, 2.45) is 0 Å². The van der Waals surface area contributed by atoms with Gasteiger partial charge in [-0.05, 0) is 31.2 Å². The first-order valence-electron chi connectivity index (χ1n) is 7.61. The van der Waals surface area contributed by atoms with E-state index >= 15 is 0 Å². The minimum Gasteiger partial charge on any atom is -0.489 e. The van der Waals surface area contributed by atoms with Gasteiger partial charge < -0.3 is 9.47 Å². The molecule has 0 amide bonds.